The Bertz CT molecular complexity index is 977. The molecule has 0 N–H and O–H groups in total. The second kappa shape index (κ2) is 7.25. The van der Waals surface area contributed by atoms with E-state index < -0.39 is 5.24 Å². The number of carbonyl (C=O) groups is 1. The van der Waals surface area contributed by atoms with Gasteiger partial charge < -0.3 is 9.80 Å². The molecule has 1 saturated heterocycles. The maximum atomic E-state index is 12.4. The number of rotatable bonds is 4. The topological polar surface area (TPSA) is 90.9 Å². The summed E-state index contributed by atoms with van der Waals surface area (Å²) in [6.07, 6.45) is 6.60. The molecule has 3 heterocycles. The van der Waals surface area contributed by atoms with Crippen LogP contribution in [0.2, 0.25) is 0 Å². The SMILES string of the molecule is [B]C([B])([B])n1cc(-c2nc(N3CCN(C(=O)C4CC4)[C@H](C)C3)cnc2C#N)cn1. The third kappa shape index (κ3) is 3.89. The molecule has 1 amide bonds. The van der Waals surface area contributed by atoms with E-state index in [9.17, 15) is 10.1 Å². The molecule has 1 aliphatic carbocycles. The molecule has 2 aliphatic rings. The highest BCUT2D eigenvalue weighted by Crippen LogP contribution is 2.32. The van der Waals surface area contributed by atoms with Crippen molar-refractivity contribution in [3.63, 3.8) is 0 Å². The fourth-order valence-corrected chi connectivity index (χ4v) is 3.53. The molecule has 0 spiro atoms. The van der Waals surface area contributed by atoms with Crippen molar-refractivity contribution in [1.82, 2.24) is 24.6 Å². The first-order chi connectivity index (χ1) is 13.8. The van der Waals surface area contributed by atoms with Gasteiger partial charge in [-0.15, -0.1) is 0 Å². The number of hydrogen-bond acceptors (Lipinski definition) is 6. The minimum atomic E-state index is -1.66. The third-order valence-corrected chi connectivity index (χ3v) is 5.28. The standard InChI is InChI=1S/C18H18B3N7O/c1-11-9-26(4-5-27(11)17(29)12-2-3-12)15-8-23-14(6-22)16(25-15)13-7-24-28(10-13)18(19,20)21/h7-8,10-12H,2-5,9H2,1H3/t11-/m1/s1. The highest BCUT2D eigenvalue weighted by atomic mass is 16.2. The Balaban J connectivity index is 1.58. The van der Waals surface area contributed by atoms with E-state index in [2.05, 4.69) is 20.0 Å². The van der Waals surface area contributed by atoms with E-state index >= 15 is 0 Å². The molecule has 6 radical (unpaired) electrons. The smallest absolute Gasteiger partial charge is 0.226 e. The Hall–Kier alpha value is -2.76. The van der Waals surface area contributed by atoms with Gasteiger partial charge in [-0.1, -0.05) is 0 Å². The Labute approximate surface area is 173 Å². The molecule has 0 bridgehead atoms. The Morgan fingerprint density at radius 1 is 1.28 bits per heavy atom. The first kappa shape index (κ1) is 19.6. The summed E-state index contributed by atoms with van der Waals surface area (Å²) in [6.45, 7) is 3.98. The fraction of sp³-hybridized carbons (Fsp3) is 0.500. The summed E-state index contributed by atoms with van der Waals surface area (Å²) >= 11 is 0. The number of nitrogens with zero attached hydrogens (tertiary/aromatic N) is 7. The van der Waals surface area contributed by atoms with Crippen molar-refractivity contribution in [3.05, 3.63) is 24.3 Å². The molecule has 2 aromatic heterocycles. The highest BCUT2D eigenvalue weighted by molar-refractivity contribution is 6.56. The molecule has 0 aromatic carbocycles. The van der Waals surface area contributed by atoms with Crippen LogP contribution in [0.4, 0.5) is 5.82 Å². The van der Waals surface area contributed by atoms with Gasteiger partial charge in [-0.3, -0.25) is 9.48 Å². The predicted molar refractivity (Wildman–Crippen MR) is 109 cm³/mol. The molecule has 1 aliphatic heterocycles. The maximum absolute atomic E-state index is 12.4. The summed E-state index contributed by atoms with van der Waals surface area (Å²) in [5, 5.41) is 11.8. The van der Waals surface area contributed by atoms with E-state index in [0.29, 0.717) is 36.7 Å². The largest absolute Gasteiger partial charge is 0.351 e. The lowest BCUT2D eigenvalue weighted by molar-refractivity contribution is -0.134. The molecule has 11 heteroatoms. The average Bonchev–Trinajstić information content (AvgIpc) is 3.41. The average molecular weight is 381 g/mol. The van der Waals surface area contributed by atoms with Crippen molar-refractivity contribution >= 4 is 35.3 Å². The lowest BCUT2D eigenvalue weighted by Gasteiger charge is -2.40. The molecule has 2 fully saturated rings. The summed E-state index contributed by atoms with van der Waals surface area (Å²) in [6, 6.07) is 2.12. The second-order valence-electron chi connectivity index (χ2n) is 7.70. The van der Waals surface area contributed by atoms with Gasteiger partial charge in [-0.2, -0.15) is 10.4 Å². The van der Waals surface area contributed by atoms with Gasteiger partial charge in [-0.05, 0) is 25.0 Å². The fourth-order valence-electron chi connectivity index (χ4n) is 3.53. The monoisotopic (exact) mass is 381 g/mol. The van der Waals surface area contributed by atoms with Crippen molar-refractivity contribution in [2.75, 3.05) is 24.5 Å². The van der Waals surface area contributed by atoms with Crippen LogP contribution in [-0.4, -0.2) is 79.8 Å². The Morgan fingerprint density at radius 3 is 2.62 bits per heavy atom. The second-order valence-corrected chi connectivity index (χ2v) is 7.70. The Kier molecular flexibility index (Phi) is 4.89. The third-order valence-electron chi connectivity index (χ3n) is 5.28. The van der Waals surface area contributed by atoms with Crippen molar-refractivity contribution < 1.29 is 4.79 Å². The van der Waals surface area contributed by atoms with Gasteiger partial charge in [-0.25, -0.2) is 9.97 Å². The van der Waals surface area contributed by atoms with Gasteiger partial charge in [0.25, 0.3) is 0 Å². The molecule has 8 nitrogen and oxygen atoms in total. The summed E-state index contributed by atoms with van der Waals surface area (Å²) in [4.78, 5) is 25.4. The van der Waals surface area contributed by atoms with Gasteiger partial charge >= 0.3 is 0 Å². The van der Waals surface area contributed by atoms with Gasteiger partial charge in [0.15, 0.2) is 5.69 Å². The molecule has 2 aromatic rings. The molecule has 4 rings (SSSR count). The van der Waals surface area contributed by atoms with E-state index in [4.69, 9.17) is 23.5 Å². The van der Waals surface area contributed by atoms with Crippen LogP contribution in [-0.2, 0) is 10.0 Å². The maximum Gasteiger partial charge on any atom is 0.226 e. The van der Waals surface area contributed by atoms with Crippen LogP contribution in [0.3, 0.4) is 0 Å². The van der Waals surface area contributed by atoms with E-state index in [1.54, 1.807) is 6.20 Å². The number of anilines is 1. The first-order valence-corrected chi connectivity index (χ1v) is 9.52. The normalized spacial score (nSPS) is 19.8. The van der Waals surface area contributed by atoms with Crippen LogP contribution in [0.25, 0.3) is 11.3 Å². The number of piperazine rings is 1. The highest BCUT2D eigenvalue weighted by Gasteiger charge is 2.37. The number of nitriles is 1. The predicted octanol–water partition coefficient (Wildman–Crippen LogP) is -0.268. The zero-order valence-corrected chi connectivity index (χ0v) is 16.2. The summed E-state index contributed by atoms with van der Waals surface area (Å²) in [5.41, 5.74) is 1.09. The molecule has 0 unspecified atom stereocenters. The van der Waals surface area contributed by atoms with Gasteiger partial charge in [0, 0.05) is 43.4 Å². The van der Waals surface area contributed by atoms with Crippen LogP contribution in [0.5, 0.6) is 0 Å². The first-order valence-electron chi connectivity index (χ1n) is 9.52. The molecule has 29 heavy (non-hydrogen) atoms. The number of aromatic nitrogens is 4. The quantitative estimate of drug-likeness (QED) is 0.678. The number of amides is 1. The van der Waals surface area contributed by atoms with E-state index in [0.717, 1.165) is 12.8 Å². The molecular formula is C18H18B3N7O. The number of carbonyl (C=O) groups excluding carboxylic acids is 1. The molecule has 140 valence electrons. The van der Waals surface area contributed by atoms with Crippen LogP contribution >= 0.6 is 0 Å². The van der Waals surface area contributed by atoms with Gasteiger partial charge in [0.05, 0.1) is 35.9 Å². The van der Waals surface area contributed by atoms with Crippen LogP contribution in [0.15, 0.2) is 18.6 Å². The van der Waals surface area contributed by atoms with Crippen LogP contribution in [0.1, 0.15) is 25.5 Å². The van der Waals surface area contributed by atoms with Gasteiger partial charge in [0.1, 0.15) is 17.6 Å². The molecule has 1 atom stereocenters. The Morgan fingerprint density at radius 2 is 2.03 bits per heavy atom. The van der Waals surface area contributed by atoms with Crippen molar-refractivity contribution in [1.29, 1.82) is 5.26 Å². The van der Waals surface area contributed by atoms with E-state index in [-0.39, 0.29) is 23.6 Å². The van der Waals surface area contributed by atoms with E-state index in [1.807, 2.05) is 17.9 Å². The summed E-state index contributed by atoms with van der Waals surface area (Å²) in [7, 11) is 17.0. The number of hydrogen-bond donors (Lipinski definition) is 0. The zero-order chi connectivity index (χ0) is 20.8. The van der Waals surface area contributed by atoms with Crippen LogP contribution in [0, 0.1) is 17.2 Å². The zero-order valence-electron chi connectivity index (χ0n) is 16.2. The van der Waals surface area contributed by atoms with E-state index in [1.165, 1.54) is 17.1 Å². The summed E-state index contributed by atoms with van der Waals surface area (Å²) in [5.74, 6) is 1.10. The summed E-state index contributed by atoms with van der Waals surface area (Å²) < 4.78 is 1.20. The van der Waals surface area contributed by atoms with Crippen molar-refractivity contribution in [2.45, 2.75) is 31.0 Å². The minimum absolute atomic E-state index is 0.0767. The molecular weight excluding hydrogens is 363 g/mol. The van der Waals surface area contributed by atoms with Crippen molar-refractivity contribution in [3.8, 4) is 17.3 Å². The minimum Gasteiger partial charge on any atom is -0.351 e. The van der Waals surface area contributed by atoms with Crippen molar-refractivity contribution in [2.24, 2.45) is 5.92 Å². The molecule has 1 saturated carbocycles. The lowest BCUT2D eigenvalue weighted by atomic mass is 9.49. The van der Waals surface area contributed by atoms with Gasteiger partial charge in [0.2, 0.25) is 5.91 Å². The van der Waals surface area contributed by atoms with Crippen LogP contribution < -0.4 is 4.90 Å². The lowest BCUT2D eigenvalue weighted by Crippen LogP contribution is -2.54.